The molecule has 1 amide bonds. The van der Waals surface area contributed by atoms with Gasteiger partial charge in [-0.05, 0) is 26.2 Å². The molecule has 3 heteroatoms. The molecule has 0 saturated carbocycles. The molecule has 0 spiro atoms. The molecule has 1 fully saturated rings. The molecule has 13 heavy (non-hydrogen) atoms. The molecule has 1 rings (SSSR count). The predicted molar refractivity (Wildman–Crippen MR) is 51.6 cm³/mol. The van der Waals surface area contributed by atoms with E-state index in [0.29, 0.717) is 5.92 Å². The molecule has 1 aliphatic heterocycles. The molecule has 1 atom stereocenters. The van der Waals surface area contributed by atoms with Gasteiger partial charge in [0.15, 0.2) is 0 Å². The molecule has 1 unspecified atom stereocenters. The van der Waals surface area contributed by atoms with E-state index in [0.717, 1.165) is 25.9 Å². The van der Waals surface area contributed by atoms with Crippen LogP contribution < -0.4 is 0 Å². The van der Waals surface area contributed by atoms with E-state index in [1.807, 2.05) is 18.7 Å². The molecule has 0 aromatic carbocycles. The summed E-state index contributed by atoms with van der Waals surface area (Å²) in [6.07, 6.45) is 2.13. The number of rotatable bonds is 2. The zero-order valence-electron chi connectivity index (χ0n) is 8.75. The predicted octanol–water partition coefficient (Wildman–Crippen LogP) is 2.26. The molecule has 3 nitrogen and oxygen atoms in total. The van der Waals surface area contributed by atoms with E-state index in [4.69, 9.17) is 4.74 Å². The van der Waals surface area contributed by atoms with Gasteiger partial charge in [0, 0.05) is 13.1 Å². The minimum absolute atomic E-state index is 0.00632. The molecular formula is C10H19NO2. The number of hydrogen-bond acceptors (Lipinski definition) is 2. The maximum absolute atomic E-state index is 11.4. The largest absolute Gasteiger partial charge is 0.447 e. The third-order valence-corrected chi connectivity index (χ3v) is 2.46. The third kappa shape index (κ3) is 2.90. The fourth-order valence-corrected chi connectivity index (χ4v) is 1.61. The van der Waals surface area contributed by atoms with Crippen molar-refractivity contribution in [3.63, 3.8) is 0 Å². The second-order valence-corrected chi connectivity index (χ2v) is 3.94. The van der Waals surface area contributed by atoms with Gasteiger partial charge in [-0.15, -0.1) is 0 Å². The van der Waals surface area contributed by atoms with Crippen molar-refractivity contribution < 1.29 is 9.53 Å². The maximum Gasteiger partial charge on any atom is 0.410 e. The smallest absolute Gasteiger partial charge is 0.410 e. The second-order valence-electron chi connectivity index (χ2n) is 3.94. The molecule has 0 aliphatic carbocycles. The number of carbonyl (C=O) groups is 1. The standard InChI is InChI=1S/C10H19NO2/c1-4-9-5-6-11(7-9)10(12)13-8(2)3/h8-9H,4-7H2,1-3H3. The lowest BCUT2D eigenvalue weighted by Gasteiger charge is -2.17. The first kappa shape index (κ1) is 10.4. The summed E-state index contributed by atoms with van der Waals surface area (Å²) >= 11 is 0. The minimum Gasteiger partial charge on any atom is -0.447 e. The Balaban J connectivity index is 2.33. The summed E-state index contributed by atoms with van der Waals surface area (Å²) < 4.78 is 5.11. The fraction of sp³-hybridized carbons (Fsp3) is 0.900. The van der Waals surface area contributed by atoms with Crippen LogP contribution in [0.1, 0.15) is 33.6 Å². The van der Waals surface area contributed by atoms with Gasteiger partial charge in [-0.2, -0.15) is 0 Å². The van der Waals surface area contributed by atoms with Gasteiger partial charge in [0.1, 0.15) is 0 Å². The summed E-state index contributed by atoms with van der Waals surface area (Å²) in [5.74, 6) is 0.680. The lowest BCUT2D eigenvalue weighted by molar-refractivity contribution is 0.0825. The number of carbonyl (C=O) groups excluding carboxylic acids is 1. The van der Waals surface area contributed by atoms with Crippen LogP contribution in [0.25, 0.3) is 0 Å². The van der Waals surface area contributed by atoms with Crippen molar-refractivity contribution in [2.45, 2.75) is 39.7 Å². The second kappa shape index (κ2) is 4.49. The molecule has 0 N–H and O–H groups in total. The Kier molecular flexibility index (Phi) is 3.58. The van der Waals surface area contributed by atoms with Crippen LogP contribution in [0, 0.1) is 5.92 Å². The summed E-state index contributed by atoms with van der Waals surface area (Å²) in [6.45, 7) is 7.67. The Labute approximate surface area is 80.1 Å². The van der Waals surface area contributed by atoms with Gasteiger partial charge in [-0.25, -0.2) is 4.79 Å². The van der Waals surface area contributed by atoms with Crippen molar-refractivity contribution in [2.75, 3.05) is 13.1 Å². The zero-order valence-corrected chi connectivity index (χ0v) is 8.75. The number of ether oxygens (including phenoxy) is 1. The molecule has 1 heterocycles. The Morgan fingerprint density at radius 3 is 2.77 bits per heavy atom. The molecular weight excluding hydrogens is 166 g/mol. The summed E-state index contributed by atoms with van der Waals surface area (Å²) in [5.41, 5.74) is 0. The molecule has 1 saturated heterocycles. The SMILES string of the molecule is CCC1CCN(C(=O)OC(C)C)C1. The van der Waals surface area contributed by atoms with Gasteiger partial charge in [0.25, 0.3) is 0 Å². The van der Waals surface area contributed by atoms with E-state index in [-0.39, 0.29) is 12.2 Å². The number of likely N-dealkylation sites (tertiary alicyclic amines) is 1. The van der Waals surface area contributed by atoms with E-state index in [2.05, 4.69) is 6.92 Å². The van der Waals surface area contributed by atoms with Crippen LogP contribution >= 0.6 is 0 Å². The third-order valence-electron chi connectivity index (χ3n) is 2.46. The van der Waals surface area contributed by atoms with Gasteiger partial charge >= 0.3 is 6.09 Å². The lowest BCUT2D eigenvalue weighted by Crippen LogP contribution is -2.31. The highest BCUT2D eigenvalue weighted by Crippen LogP contribution is 2.19. The first-order chi connectivity index (χ1) is 6.13. The summed E-state index contributed by atoms with van der Waals surface area (Å²) in [5, 5.41) is 0. The highest BCUT2D eigenvalue weighted by Gasteiger charge is 2.26. The Morgan fingerprint density at radius 1 is 1.62 bits per heavy atom. The monoisotopic (exact) mass is 185 g/mol. The number of nitrogens with zero attached hydrogens (tertiary/aromatic N) is 1. The van der Waals surface area contributed by atoms with E-state index >= 15 is 0 Å². The van der Waals surface area contributed by atoms with Crippen molar-refractivity contribution >= 4 is 6.09 Å². The van der Waals surface area contributed by atoms with Crippen molar-refractivity contribution in [1.29, 1.82) is 0 Å². The van der Waals surface area contributed by atoms with E-state index in [1.165, 1.54) is 0 Å². The lowest BCUT2D eigenvalue weighted by atomic mass is 10.1. The van der Waals surface area contributed by atoms with Crippen LogP contribution in [0.3, 0.4) is 0 Å². The number of hydrogen-bond donors (Lipinski definition) is 0. The van der Waals surface area contributed by atoms with Gasteiger partial charge in [-0.3, -0.25) is 0 Å². The van der Waals surface area contributed by atoms with E-state index in [9.17, 15) is 4.79 Å². The van der Waals surface area contributed by atoms with Crippen molar-refractivity contribution in [3.05, 3.63) is 0 Å². The average molecular weight is 185 g/mol. The highest BCUT2D eigenvalue weighted by atomic mass is 16.6. The highest BCUT2D eigenvalue weighted by molar-refractivity contribution is 5.68. The Morgan fingerprint density at radius 2 is 2.31 bits per heavy atom. The average Bonchev–Trinajstić information content (AvgIpc) is 2.50. The van der Waals surface area contributed by atoms with Crippen molar-refractivity contribution in [3.8, 4) is 0 Å². The molecule has 0 aromatic heterocycles. The maximum atomic E-state index is 11.4. The minimum atomic E-state index is -0.147. The fourth-order valence-electron chi connectivity index (χ4n) is 1.61. The van der Waals surface area contributed by atoms with Gasteiger partial charge in [0.2, 0.25) is 0 Å². The van der Waals surface area contributed by atoms with Crippen LogP contribution in [0.4, 0.5) is 4.79 Å². The van der Waals surface area contributed by atoms with Crippen LogP contribution in [-0.4, -0.2) is 30.2 Å². The van der Waals surface area contributed by atoms with Crippen LogP contribution in [0.15, 0.2) is 0 Å². The van der Waals surface area contributed by atoms with Crippen molar-refractivity contribution in [2.24, 2.45) is 5.92 Å². The van der Waals surface area contributed by atoms with Crippen LogP contribution in [0.2, 0.25) is 0 Å². The molecule has 0 radical (unpaired) electrons. The summed E-state index contributed by atoms with van der Waals surface area (Å²) in [7, 11) is 0. The molecule has 0 aromatic rings. The first-order valence-corrected chi connectivity index (χ1v) is 5.09. The Hall–Kier alpha value is -0.730. The Bertz CT molecular complexity index is 180. The normalized spacial score (nSPS) is 22.5. The summed E-state index contributed by atoms with van der Waals surface area (Å²) in [4.78, 5) is 13.2. The van der Waals surface area contributed by atoms with Crippen LogP contribution in [0.5, 0.6) is 0 Å². The van der Waals surface area contributed by atoms with E-state index in [1.54, 1.807) is 0 Å². The van der Waals surface area contributed by atoms with Crippen LogP contribution in [-0.2, 0) is 4.74 Å². The van der Waals surface area contributed by atoms with Gasteiger partial charge in [-0.1, -0.05) is 13.3 Å². The first-order valence-electron chi connectivity index (χ1n) is 5.09. The number of amides is 1. The van der Waals surface area contributed by atoms with E-state index < -0.39 is 0 Å². The topological polar surface area (TPSA) is 29.5 Å². The quantitative estimate of drug-likeness (QED) is 0.660. The van der Waals surface area contributed by atoms with Gasteiger partial charge < -0.3 is 9.64 Å². The van der Waals surface area contributed by atoms with Gasteiger partial charge in [0.05, 0.1) is 6.10 Å². The zero-order chi connectivity index (χ0) is 9.84. The molecule has 76 valence electrons. The molecule has 0 bridgehead atoms. The molecule has 1 aliphatic rings. The van der Waals surface area contributed by atoms with Crippen molar-refractivity contribution in [1.82, 2.24) is 4.90 Å². The summed E-state index contributed by atoms with van der Waals surface area (Å²) in [6, 6.07) is 0.